The highest BCUT2D eigenvalue weighted by Gasteiger charge is 2.30. The van der Waals surface area contributed by atoms with E-state index in [0.29, 0.717) is 5.56 Å². The van der Waals surface area contributed by atoms with E-state index in [1.807, 2.05) is 36.4 Å². The molecule has 2 aromatic carbocycles. The molecule has 0 N–H and O–H groups in total. The molecule has 0 amide bonds. The summed E-state index contributed by atoms with van der Waals surface area (Å²) in [4.78, 5) is 0. The number of hydrogen-bond acceptors (Lipinski definition) is 1. The summed E-state index contributed by atoms with van der Waals surface area (Å²) in [7, 11) is 0. The van der Waals surface area contributed by atoms with Gasteiger partial charge in [-0.25, -0.2) is 0 Å². The van der Waals surface area contributed by atoms with Crippen LogP contribution in [-0.2, 0) is 30.6 Å². The normalized spacial score (nSPS) is 11.7. The molecule has 136 valence electrons. The van der Waals surface area contributed by atoms with Gasteiger partial charge in [0.1, 0.15) is 0 Å². The van der Waals surface area contributed by atoms with Gasteiger partial charge in [0.15, 0.2) is 0 Å². The van der Waals surface area contributed by atoms with Crippen LogP contribution < -0.4 is 0 Å². The minimum Gasteiger partial charge on any atom is -0.315 e. The molecule has 0 atom stereocenters. The third kappa shape index (κ3) is 6.95. The lowest BCUT2D eigenvalue weighted by molar-refractivity contribution is -0.244. The summed E-state index contributed by atoms with van der Waals surface area (Å²) in [6.45, 7) is 4.16. The first-order chi connectivity index (χ1) is 12.0. The van der Waals surface area contributed by atoms with Crippen LogP contribution in [0.4, 0.5) is 8.78 Å². The number of rotatable bonds is 10. The summed E-state index contributed by atoms with van der Waals surface area (Å²) in [6, 6.07) is 15.1. The molecule has 2 rings (SSSR count). The fourth-order valence-corrected chi connectivity index (χ4v) is 2.75. The Morgan fingerprint density at radius 2 is 1.32 bits per heavy atom. The Kier molecular flexibility index (Phi) is 7.57. The van der Waals surface area contributed by atoms with Gasteiger partial charge in [-0.1, -0.05) is 75.2 Å². The Morgan fingerprint density at radius 3 is 1.92 bits per heavy atom. The molecule has 0 aliphatic rings. The molecule has 0 radical (unpaired) electrons. The summed E-state index contributed by atoms with van der Waals surface area (Å²) in [5, 5.41) is 0. The molecule has 1 nitrogen and oxygen atoms in total. The number of halogens is 2. The SMILES string of the molecule is CCCCCc1ccc(CC(F)(F)OCc2ccc(CC)cc2)cc1. The van der Waals surface area contributed by atoms with Gasteiger partial charge in [0.05, 0.1) is 13.0 Å². The molecule has 0 bridgehead atoms. The van der Waals surface area contributed by atoms with E-state index in [1.54, 1.807) is 12.1 Å². The van der Waals surface area contributed by atoms with E-state index in [9.17, 15) is 8.78 Å². The maximum Gasteiger partial charge on any atom is 0.360 e. The van der Waals surface area contributed by atoms with E-state index < -0.39 is 12.5 Å². The Labute approximate surface area is 150 Å². The maximum absolute atomic E-state index is 14.1. The first-order valence-corrected chi connectivity index (χ1v) is 9.20. The highest BCUT2D eigenvalue weighted by atomic mass is 19.3. The minimum absolute atomic E-state index is 0.0773. The van der Waals surface area contributed by atoms with E-state index in [-0.39, 0.29) is 6.61 Å². The number of alkyl halides is 2. The molecule has 0 saturated carbocycles. The van der Waals surface area contributed by atoms with E-state index in [2.05, 4.69) is 13.8 Å². The van der Waals surface area contributed by atoms with Crippen LogP contribution in [0.3, 0.4) is 0 Å². The summed E-state index contributed by atoms with van der Waals surface area (Å²) in [5.41, 5.74) is 3.76. The largest absolute Gasteiger partial charge is 0.360 e. The third-order valence-corrected chi connectivity index (χ3v) is 4.38. The van der Waals surface area contributed by atoms with Crippen LogP contribution in [0.5, 0.6) is 0 Å². The maximum atomic E-state index is 14.1. The molecule has 0 aromatic heterocycles. The van der Waals surface area contributed by atoms with Crippen molar-refractivity contribution in [1.82, 2.24) is 0 Å². The van der Waals surface area contributed by atoms with Crippen molar-refractivity contribution in [3.05, 3.63) is 70.8 Å². The lowest BCUT2D eigenvalue weighted by Gasteiger charge is -2.17. The third-order valence-electron chi connectivity index (χ3n) is 4.38. The van der Waals surface area contributed by atoms with E-state index in [0.717, 1.165) is 24.8 Å². The topological polar surface area (TPSA) is 9.23 Å². The van der Waals surface area contributed by atoms with E-state index in [4.69, 9.17) is 4.74 Å². The molecule has 0 spiro atoms. The first-order valence-electron chi connectivity index (χ1n) is 9.20. The molecule has 0 heterocycles. The van der Waals surface area contributed by atoms with Crippen molar-refractivity contribution in [1.29, 1.82) is 0 Å². The van der Waals surface area contributed by atoms with Gasteiger partial charge >= 0.3 is 6.11 Å². The molecule has 25 heavy (non-hydrogen) atoms. The molecular formula is C22H28F2O. The lowest BCUT2D eigenvalue weighted by Crippen LogP contribution is -2.23. The van der Waals surface area contributed by atoms with Crippen molar-refractivity contribution in [2.75, 3.05) is 0 Å². The van der Waals surface area contributed by atoms with Gasteiger partial charge < -0.3 is 4.74 Å². The summed E-state index contributed by atoms with van der Waals surface area (Å²) < 4.78 is 33.0. The van der Waals surface area contributed by atoms with Crippen molar-refractivity contribution >= 4 is 0 Å². The highest BCUT2D eigenvalue weighted by Crippen LogP contribution is 2.24. The van der Waals surface area contributed by atoms with E-state index >= 15 is 0 Å². The minimum atomic E-state index is -3.16. The quantitative estimate of drug-likeness (QED) is 0.457. The molecule has 0 fully saturated rings. The van der Waals surface area contributed by atoms with Gasteiger partial charge in [-0.3, -0.25) is 0 Å². The van der Waals surface area contributed by atoms with Crippen LogP contribution in [0.25, 0.3) is 0 Å². The Balaban J connectivity index is 1.84. The monoisotopic (exact) mass is 346 g/mol. The first kappa shape index (κ1) is 19.6. The second-order valence-corrected chi connectivity index (χ2v) is 6.55. The van der Waals surface area contributed by atoms with Gasteiger partial charge in [-0.2, -0.15) is 8.78 Å². The molecule has 0 aliphatic carbocycles. The van der Waals surface area contributed by atoms with E-state index in [1.165, 1.54) is 24.0 Å². The van der Waals surface area contributed by atoms with Gasteiger partial charge in [0.2, 0.25) is 0 Å². The van der Waals surface area contributed by atoms with Crippen LogP contribution in [0.2, 0.25) is 0 Å². The number of unbranched alkanes of at least 4 members (excludes halogenated alkanes) is 2. The molecule has 2 aromatic rings. The second-order valence-electron chi connectivity index (χ2n) is 6.55. The van der Waals surface area contributed by atoms with Crippen molar-refractivity contribution < 1.29 is 13.5 Å². The van der Waals surface area contributed by atoms with Gasteiger partial charge in [0.25, 0.3) is 0 Å². The zero-order valence-electron chi connectivity index (χ0n) is 15.2. The lowest BCUT2D eigenvalue weighted by atomic mass is 10.0. The molecule has 3 heteroatoms. The van der Waals surface area contributed by atoms with Crippen LogP contribution >= 0.6 is 0 Å². The molecule has 0 saturated heterocycles. The molecule has 0 aliphatic heterocycles. The molecule has 0 unspecified atom stereocenters. The van der Waals surface area contributed by atoms with Crippen molar-refractivity contribution in [3.63, 3.8) is 0 Å². The fraction of sp³-hybridized carbons (Fsp3) is 0.455. The van der Waals surface area contributed by atoms with Crippen LogP contribution in [0.1, 0.15) is 55.4 Å². The highest BCUT2D eigenvalue weighted by molar-refractivity contribution is 5.24. The zero-order chi connectivity index (χ0) is 18.1. The number of hydrogen-bond donors (Lipinski definition) is 0. The summed E-state index contributed by atoms with van der Waals surface area (Å²) in [6.07, 6.45) is 1.92. The van der Waals surface area contributed by atoms with Gasteiger partial charge in [-0.05, 0) is 41.5 Å². The number of benzene rings is 2. The average molecular weight is 346 g/mol. The van der Waals surface area contributed by atoms with Crippen molar-refractivity contribution in [2.24, 2.45) is 0 Å². The Bertz CT molecular complexity index is 617. The predicted octanol–water partition coefficient (Wildman–Crippen LogP) is 6.33. The Morgan fingerprint density at radius 1 is 0.760 bits per heavy atom. The fourth-order valence-electron chi connectivity index (χ4n) is 2.75. The number of aryl methyl sites for hydroxylation is 2. The van der Waals surface area contributed by atoms with Gasteiger partial charge in [-0.15, -0.1) is 0 Å². The van der Waals surface area contributed by atoms with Crippen LogP contribution in [-0.4, -0.2) is 6.11 Å². The standard InChI is InChI=1S/C22H28F2O/c1-3-5-6-7-19-10-12-20(13-11-19)16-22(23,24)25-17-21-14-8-18(4-2)9-15-21/h8-15H,3-7,16-17H2,1-2H3. The Hall–Kier alpha value is -1.74. The average Bonchev–Trinajstić information content (AvgIpc) is 2.62. The van der Waals surface area contributed by atoms with Gasteiger partial charge in [0, 0.05) is 0 Å². The van der Waals surface area contributed by atoms with Crippen molar-refractivity contribution in [2.45, 2.75) is 65.1 Å². The zero-order valence-corrected chi connectivity index (χ0v) is 15.2. The number of ether oxygens (including phenoxy) is 1. The summed E-state index contributed by atoms with van der Waals surface area (Å²) in [5.74, 6) is 0. The molecular weight excluding hydrogens is 318 g/mol. The van der Waals surface area contributed by atoms with Crippen molar-refractivity contribution in [3.8, 4) is 0 Å². The van der Waals surface area contributed by atoms with Crippen LogP contribution in [0, 0.1) is 0 Å². The predicted molar refractivity (Wildman–Crippen MR) is 98.9 cm³/mol. The smallest absolute Gasteiger partial charge is 0.315 e. The van der Waals surface area contributed by atoms with Crippen LogP contribution in [0.15, 0.2) is 48.5 Å². The second kappa shape index (κ2) is 9.67. The summed E-state index contributed by atoms with van der Waals surface area (Å²) >= 11 is 0.